The zero-order valence-corrected chi connectivity index (χ0v) is 12.5. The van der Waals surface area contributed by atoms with Crippen LogP contribution in [0.3, 0.4) is 0 Å². The van der Waals surface area contributed by atoms with Gasteiger partial charge < -0.3 is 14.8 Å². The first kappa shape index (κ1) is 16.0. The van der Waals surface area contributed by atoms with Crippen LogP contribution in [0.5, 0.6) is 0 Å². The van der Waals surface area contributed by atoms with Crippen LogP contribution in [0, 0.1) is 12.7 Å². The van der Waals surface area contributed by atoms with Crippen molar-refractivity contribution in [3.63, 3.8) is 0 Å². The fourth-order valence-electron chi connectivity index (χ4n) is 2.30. The van der Waals surface area contributed by atoms with Crippen molar-refractivity contribution in [1.82, 2.24) is 5.32 Å². The molecule has 0 spiro atoms. The highest BCUT2D eigenvalue weighted by Gasteiger charge is 2.24. The third kappa shape index (κ3) is 3.27. The molecule has 0 bridgehead atoms. The van der Waals surface area contributed by atoms with Crippen LogP contribution < -0.4 is 5.32 Å². The first-order chi connectivity index (χ1) is 10.4. The van der Waals surface area contributed by atoms with E-state index in [1.165, 1.54) is 18.2 Å². The van der Waals surface area contributed by atoms with E-state index in [9.17, 15) is 14.0 Å². The highest BCUT2D eigenvalue weighted by Crippen LogP contribution is 2.26. The third-order valence-electron chi connectivity index (χ3n) is 3.55. The lowest BCUT2D eigenvalue weighted by molar-refractivity contribution is -0.139. The lowest BCUT2D eigenvalue weighted by atomic mass is 10.1. The largest absolute Gasteiger partial charge is 0.480 e. The molecule has 0 fully saturated rings. The Kier molecular flexibility index (Phi) is 4.80. The van der Waals surface area contributed by atoms with Crippen molar-refractivity contribution in [1.29, 1.82) is 0 Å². The van der Waals surface area contributed by atoms with E-state index in [1.807, 2.05) is 6.92 Å². The quantitative estimate of drug-likeness (QED) is 0.858. The topological polar surface area (TPSA) is 79.5 Å². The number of hydrogen-bond donors (Lipinski definition) is 2. The Balaban J connectivity index is 2.25. The molecule has 5 nitrogen and oxygen atoms in total. The third-order valence-corrected chi connectivity index (χ3v) is 3.55. The molecule has 0 saturated carbocycles. The summed E-state index contributed by atoms with van der Waals surface area (Å²) in [5, 5.41) is 12.1. The predicted octanol–water partition coefficient (Wildman–Crippen LogP) is 3.25. The second-order valence-corrected chi connectivity index (χ2v) is 5.20. The molecule has 22 heavy (non-hydrogen) atoms. The summed E-state index contributed by atoms with van der Waals surface area (Å²) in [5.41, 5.74) is 0.885. The molecule has 1 unspecified atom stereocenters. The van der Waals surface area contributed by atoms with Gasteiger partial charge in [-0.05, 0) is 31.5 Å². The summed E-state index contributed by atoms with van der Waals surface area (Å²) in [7, 11) is 0. The fourth-order valence-corrected chi connectivity index (χ4v) is 2.30. The molecule has 0 radical (unpaired) electrons. The fraction of sp³-hybridized carbons (Fsp3) is 0.375. The lowest BCUT2D eigenvalue weighted by Gasteiger charge is -2.13. The molecule has 118 valence electrons. The van der Waals surface area contributed by atoms with Crippen molar-refractivity contribution in [2.24, 2.45) is 0 Å². The molecule has 2 N–H and O–H groups in total. The Morgan fingerprint density at radius 2 is 2.14 bits per heavy atom. The molecule has 1 aromatic heterocycles. The van der Waals surface area contributed by atoms with Crippen LogP contribution in [0.25, 0.3) is 11.0 Å². The molecule has 2 rings (SSSR count). The normalized spacial score (nSPS) is 12.3. The minimum absolute atomic E-state index is 0.0170. The minimum Gasteiger partial charge on any atom is -0.480 e. The van der Waals surface area contributed by atoms with Crippen LogP contribution in [-0.4, -0.2) is 23.0 Å². The molecule has 2 aromatic rings. The van der Waals surface area contributed by atoms with E-state index in [1.54, 1.807) is 6.92 Å². The van der Waals surface area contributed by atoms with Crippen molar-refractivity contribution in [3.05, 3.63) is 35.3 Å². The number of carbonyl (C=O) groups is 2. The molecule has 0 saturated heterocycles. The van der Waals surface area contributed by atoms with Gasteiger partial charge in [-0.2, -0.15) is 0 Å². The van der Waals surface area contributed by atoms with Crippen molar-refractivity contribution in [2.45, 2.75) is 39.2 Å². The molecule has 1 amide bonds. The molecule has 1 atom stereocenters. The Morgan fingerprint density at radius 1 is 1.41 bits per heavy atom. The number of carboxylic acid groups (broad SMARTS) is 1. The molecular weight excluding hydrogens is 289 g/mol. The molecule has 0 aliphatic rings. The summed E-state index contributed by atoms with van der Waals surface area (Å²) >= 11 is 0. The summed E-state index contributed by atoms with van der Waals surface area (Å²) in [6.45, 7) is 3.58. The van der Waals surface area contributed by atoms with E-state index in [4.69, 9.17) is 9.52 Å². The maximum atomic E-state index is 13.3. The van der Waals surface area contributed by atoms with Gasteiger partial charge >= 0.3 is 5.97 Å². The van der Waals surface area contributed by atoms with Gasteiger partial charge in [-0.3, -0.25) is 4.79 Å². The molecule has 1 heterocycles. The Hall–Kier alpha value is -2.37. The Labute approximate surface area is 127 Å². The molecular formula is C16H18FNO4. The number of halogens is 1. The summed E-state index contributed by atoms with van der Waals surface area (Å²) in [6, 6.07) is 3.02. The van der Waals surface area contributed by atoms with Crippen molar-refractivity contribution < 1.29 is 23.5 Å². The van der Waals surface area contributed by atoms with E-state index < -0.39 is 23.7 Å². The van der Waals surface area contributed by atoms with Crippen LogP contribution in [0.2, 0.25) is 0 Å². The van der Waals surface area contributed by atoms with Gasteiger partial charge in [0.2, 0.25) is 0 Å². The predicted molar refractivity (Wildman–Crippen MR) is 79.3 cm³/mol. The number of rotatable bonds is 6. The number of aryl methyl sites for hydroxylation is 1. The van der Waals surface area contributed by atoms with Gasteiger partial charge in [-0.25, -0.2) is 9.18 Å². The highest BCUT2D eigenvalue weighted by atomic mass is 19.1. The SMILES string of the molecule is CCCCC(NC(=O)c1oc2ccc(F)cc2c1C)C(=O)O. The van der Waals surface area contributed by atoms with Gasteiger partial charge in [0.05, 0.1) is 0 Å². The van der Waals surface area contributed by atoms with Crippen LogP contribution in [0.1, 0.15) is 42.3 Å². The van der Waals surface area contributed by atoms with E-state index in [0.717, 1.165) is 6.42 Å². The molecule has 1 aromatic carbocycles. The zero-order chi connectivity index (χ0) is 16.3. The molecule has 0 aliphatic heterocycles. The minimum atomic E-state index is -1.08. The van der Waals surface area contributed by atoms with Crippen LogP contribution >= 0.6 is 0 Å². The van der Waals surface area contributed by atoms with Crippen LogP contribution in [0.15, 0.2) is 22.6 Å². The van der Waals surface area contributed by atoms with Gasteiger partial charge in [0.1, 0.15) is 17.4 Å². The first-order valence-electron chi connectivity index (χ1n) is 7.16. The number of carboxylic acids is 1. The van der Waals surface area contributed by atoms with Crippen LogP contribution in [-0.2, 0) is 4.79 Å². The van der Waals surface area contributed by atoms with Gasteiger partial charge in [0.15, 0.2) is 5.76 Å². The number of carbonyl (C=O) groups excluding carboxylic acids is 1. The maximum Gasteiger partial charge on any atom is 0.326 e. The van der Waals surface area contributed by atoms with Gasteiger partial charge in [-0.15, -0.1) is 0 Å². The van der Waals surface area contributed by atoms with E-state index >= 15 is 0 Å². The molecule has 0 aliphatic carbocycles. The lowest BCUT2D eigenvalue weighted by Crippen LogP contribution is -2.40. The number of furan rings is 1. The number of unbranched alkanes of at least 4 members (excludes halogenated alkanes) is 1. The highest BCUT2D eigenvalue weighted by molar-refractivity contribution is 6.00. The van der Waals surface area contributed by atoms with E-state index in [-0.39, 0.29) is 5.76 Å². The average molecular weight is 307 g/mol. The summed E-state index contributed by atoms with van der Waals surface area (Å²) in [6.07, 6.45) is 1.88. The second kappa shape index (κ2) is 6.60. The summed E-state index contributed by atoms with van der Waals surface area (Å²) < 4.78 is 18.7. The van der Waals surface area contributed by atoms with Gasteiger partial charge in [0, 0.05) is 10.9 Å². The number of hydrogen-bond acceptors (Lipinski definition) is 3. The Bertz CT molecular complexity index is 707. The number of fused-ring (bicyclic) bond motifs is 1. The van der Waals surface area contributed by atoms with Gasteiger partial charge in [0.25, 0.3) is 5.91 Å². The Morgan fingerprint density at radius 3 is 2.77 bits per heavy atom. The summed E-state index contributed by atoms with van der Waals surface area (Å²) in [5.74, 6) is -2.09. The average Bonchev–Trinajstić information content (AvgIpc) is 2.80. The van der Waals surface area contributed by atoms with E-state index in [2.05, 4.69) is 5.32 Å². The van der Waals surface area contributed by atoms with Crippen LogP contribution in [0.4, 0.5) is 4.39 Å². The standard InChI is InChI=1S/C16H18FNO4/c1-3-4-5-12(16(20)21)18-15(19)14-9(2)11-8-10(17)6-7-13(11)22-14/h6-8,12H,3-5H2,1-2H3,(H,18,19)(H,20,21). The smallest absolute Gasteiger partial charge is 0.326 e. The monoisotopic (exact) mass is 307 g/mol. The molecule has 6 heteroatoms. The number of aliphatic carboxylic acids is 1. The number of nitrogens with one attached hydrogen (secondary N) is 1. The summed E-state index contributed by atoms with van der Waals surface area (Å²) in [4.78, 5) is 23.4. The van der Waals surface area contributed by atoms with Gasteiger partial charge in [-0.1, -0.05) is 19.8 Å². The number of amides is 1. The maximum absolute atomic E-state index is 13.3. The van der Waals surface area contributed by atoms with Crippen molar-refractivity contribution in [2.75, 3.05) is 0 Å². The second-order valence-electron chi connectivity index (χ2n) is 5.20. The van der Waals surface area contributed by atoms with E-state index in [0.29, 0.717) is 29.4 Å². The number of benzene rings is 1. The van der Waals surface area contributed by atoms with Crippen molar-refractivity contribution >= 4 is 22.8 Å². The first-order valence-corrected chi connectivity index (χ1v) is 7.16. The zero-order valence-electron chi connectivity index (χ0n) is 12.5. The van der Waals surface area contributed by atoms with Crippen molar-refractivity contribution in [3.8, 4) is 0 Å².